The third-order valence-corrected chi connectivity index (χ3v) is 6.29. The molecule has 0 radical (unpaired) electrons. The Bertz CT molecular complexity index is 793. The van der Waals surface area contributed by atoms with Crippen molar-refractivity contribution in [1.82, 2.24) is 14.8 Å². The quantitative estimate of drug-likeness (QED) is 0.649. The average Bonchev–Trinajstić information content (AvgIpc) is 3.10. The van der Waals surface area contributed by atoms with Crippen LogP contribution in [0.25, 0.3) is 10.7 Å². The fraction of sp³-hybridized carbons (Fsp3) is 0.368. The molecule has 2 heterocycles. The highest BCUT2D eigenvalue weighted by molar-refractivity contribution is 7.99. The highest BCUT2D eigenvalue weighted by Crippen LogP contribution is 2.42. The molecule has 2 aliphatic rings. The highest BCUT2D eigenvalue weighted by atomic mass is 32.2. The van der Waals surface area contributed by atoms with Gasteiger partial charge in [0.25, 0.3) is 0 Å². The van der Waals surface area contributed by atoms with Crippen LogP contribution in [0, 0.1) is 0 Å². The topological polar surface area (TPSA) is 30.7 Å². The summed E-state index contributed by atoms with van der Waals surface area (Å²) < 4.78 is 2.36. The minimum absolute atomic E-state index is 0.594. The predicted octanol–water partition coefficient (Wildman–Crippen LogP) is 5.66. The van der Waals surface area contributed by atoms with Gasteiger partial charge in [-0.25, -0.2) is 0 Å². The smallest absolute Gasteiger partial charge is 0.192 e. The van der Waals surface area contributed by atoms with E-state index in [1.807, 2.05) is 11.8 Å². The molecule has 0 amide bonds. The van der Waals surface area contributed by atoms with Crippen LogP contribution in [-0.4, -0.2) is 20.5 Å². The molecule has 0 aliphatic heterocycles. The molecule has 0 unspecified atom stereocenters. The maximum atomic E-state index is 4.50. The molecule has 2 aromatic heterocycles. The summed E-state index contributed by atoms with van der Waals surface area (Å²) in [7, 11) is 0. The van der Waals surface area contributed by atoms with E-state index in [2.05, 4.69) is 63.5 Å². The molecule has 1 fully saturated rings. The number of nitrogens with zero attached hydrogens (tertiary/aromatic N) is 3. The highest BCUT2D eigenvalue weighted by Gasteiger charge is 2.30. The predicted molar refractivity (Wildman–Crippen MR) is 103 cm³/mol. The average molecular weight is 356 g/mol. The molecule has 0 aromatic carbocycles. The number of aromatic nitrogens is 3. The molecule has 0 spiro atoms. The number of allylic oxidation sites excluding steroid dienone is 5. The Morgan fingerprint density at radius 3 is 2.88 bits per heavy atom. The van der Waals surface area contributed by atoms with E-state index in [4.69, 9.17) is 0 Å². The minimum Gasteiger partial charge on any atom is -0.298 e. The summed E-state index contributed by atoms with van der Waals surface area (Å²) in [5, 5.41) is 12.2. The first-order valence-electron chi connectivity index (χ1n) is 8.45. The normalized spacial score (nSPS) is 21.5. The van der Waals surface area contributed by atoms with Gasteiger partial charge < -0.3 is 0 Å². The first kappa shape index (κ1) is 15.9. The summed E-state index contributed by atoms with van der Waals surface area (Å²) in [6, 6.07) is 4.82. The Labute approximate surface area is 151 Å². The molecule has 0 saturated heterocycles. The fourth-order valence-corrected chi connectivity index (χ4v) is 4.56. The Hall–Kier alpha value is -1.59. The van der Waals surface area contributed by atoms with Gasteiger partial charge in [-0.2, -0.15) is 0 Å². The summed E-state index contributed by atoms with van der Waals surface area (Å²) in [5.74, 6) is 2.03. The second-order valence-corrected chi connectivity index (χ2v) is 8.29. The molecular formula is C19H21N3S2. The Kier molecular flexibility index (Phi) is 4.72. The number of thioether (sulfide) groups is 1. The number of hydrogen-bond donors (Lipinski definition) is 0. The Morgan fingerprint density at radius 2 is 2.08 bits per heavy atom. The zero-order chi connectivity index (χ0) is 16.4. The molecule has 4 rings (SSSR count). The molecule has 124 valence electrons. The lowest BCUT2D eigenvalue weighted by Gasteiger charge is -2.10. The summed E-state index contributed by atoms with van der Waals surface area (Å²) in [5.41, 5.74) is 2.93. The van der Waals surface area contributed by atoms with Gasteiger partial charge in [0.05, 0.1) is 4.88 Å². The van der Waals surface area contributed by atoms with Gasteiger partial charge >= 0.3 is 0 Å². The van der Waals surface area contributed by atoms with Crippen LogP contribution in [0.1, 0.15) is 38.6 Å². The SMILES string of the molecule is CC1=C/C=C\C=C(\CSc2nnc(-c3cccs3)n2C2CC2)CC1. The molecule has 24 heavy (non-hydrogen) atoms. The number of thiophene rings is 1. The van der Waals surface area contributed by atoms with Crippen LogP contribution in [0.5, 0.6) is 0 Å². The van der Waals surface area contributed by atoms with Gasteiger partial charge in [-0.3, -0.25) is 4.57 Å². The number of hydrogen-bond acceptors (Lipinski definition) is 4. The third kappa shape index (κ3) is 3.57. The van der Waals surface area contributed by atoms with E-state index in [0.717, 1.165) is 29.6 Å². The monoisotopic (exact) mass is 355 g/mol. The largest absolute Gasteiger partial charge is 0.298 e. The van der Waals surface area contributed by atoms with E-state index in [1.54, 1.807) is 11.3 Å². The molecule has 1 saturated carbocycles. The van der Waals surface area contributed by atoms with E-state index in [0.29, 0.717) is 6.04 Å². The van der Waals surface area contributed by atoms with Crippen LogP contribution < -0.4 is 0 Å². The summed E-state index contributed by atoms with van der Waals surface area (Å²) >= 11 is 3.57. The van der Waals surface area contributed by atoms with Crippen molar-refractivity contribution in [2.75, 3.05) is 5.75 Å². The van der Waals surface area contributed by atoms with Crippen molar-refractivity contribution in [2.45, 2.75) is 43.8 Å². The van der Waals surface area contributed by atoms with Crippen LogP contribution in [0.3, 0.4) is 0 Å². The Morgan fingerprint density at radius 1 is 1.21 bits per heavy atom. The van der Waals surface area contributed by atoms with Gasteiger partial charge in [0.15, 0.2) is 11.0 Å². The third-order valence-electron chi connectivity index (χ3n) is 4.37. The van der Waals surface area contributed by atoms with Gasteiger partial charge in [0.1, 0.15) is 0 Å². The van der Waals surface area contributed by atoms with Crippen LogP contribution in [0.2, 0.25) is 0 Å². The van der Waals surface area contributed by atoms with Crippen molar-refractivity contribution in [1.29, 1.82) is 0 Å². The Balaban J connectivity index is 1.51. The molecule has 3 nitrogen and oxygen atoms in total. The maximum absolute atomic E-state index is 4.50. The van der Waals surface area contributed by atoms with Crippen molar-refractivity contribution in [3.8, 4) is 10.7 Å². The van der Waals surface area contributed by atoms with Crippen molar-refractivity contribution >= 4 is 23.1 Å². The summed E-state index contributed by atoms with van der Waals surface area (Å²) in [4.78, 5) is 1.22. The molecule has 5 heteroatoms. The van der Waals surface area contributed by atoms with Crippen molar-refractivity contribution in [2.24, 2.45) is 0 Å². The second kappa shape index (κ2) is 7.11. The van der Waals surface area contributed by atoms with Gasteiger partial charge in [-0.1, -0.05) is 53.3 Å². The van der Waals surface area contributed by atoms with Gasteiger partial charge in [-0.15, -0.1) is 21.5 Å². The molecule has 0 atom stereocenters. The van der Waals surface area contributed by atoms with Gasteiger partial charge in [0, 0.05) is 11.8 Å². The van der Waals surface area contributed by atoms with E-state index in [1.165, 1.54) is 28.9 Å². The molecule has 2 aliphatic carbocycles. The van der Waals surface area contributed by atoms with Crippen molar-refractivity contribution in [3.63, 3.8) is 0 Å². The molecule has 0 bridgehead atoms. The lowest BCUT2D eigenvalue weighted by atomic mass is 10.0. The molecule has 0 N–H and O–H groups in total. The minimum atomic E-state index is 0.594. The van der Waals surface area contributed by atoms with Gasteiger partial charge in [-0.05, 0) is 44.1 Å². The molecular weight excluding hydrogens is 334 g/mol. The lowest BCUT2D eigenvalue weighted by Crippen LogP contribution is -2.00. The van der Waals surface area contributed by atoms with E-state index in [9.17, 15) is 0 Å². The van der Waals surface area contributed by atoms with Crippen LogP contribution in [0.4, 0.5) is 0 Å². The fourth-order valence-electron chi connectivity index (χ4n) is 2.82. The summed E-state index contributed by atoms with van der Waals surface area (Å²) in [6.07, 6.45) is 13.5. The number of rotatable bonds is 5. The maximum Gasteiger partial charge on any atom is 0.192 e. The first-order valence-corrected chi connectivity index (χ1v) is 10.3. The zero-order valence-corrected chi connectivity index (χ0v) is 15.4. The van der Waals surface area contributed by atoms with E-state index >= 15 is 0 Å². The first-order chi connectivity index (χ1) is 11.8. The van der Waals surface area contributed by atoms with Crippen molar-refractivity contribution < 1.29 is 0 Å². The summed E-state index contributed by atoms with van der Waals surface area (Å²) in [6.45, 7) is 2.21. The van der Waals surface area contributed by atoms with Crippen LogP contribution in [0.15, 0.2) is 58.1 Å². The second-order valence-electron chi connectivity index (χ2n) is 6.40. The van der Waals surface area contributed by atoms with E-state index < -0.39 is 0 Å². The lowest BCUT2D eigenvalue weighted by molar-refractivity contribution is 0.670. The van der Waals surface area contributed by atoms with Gasteiger partial charge in [0.2, 0.25) is 0 Å². The zero-order valence-electron chi connectivity index (χ0n) is 13.8. The van der Waals surface area contributed by atoms with Crippen LogP contribution >= 0.6 is 23.1 Å². The molecule has 2 aromatic rings. The van der Waals surface area contributed by atoms with Crippen LogP contribution in [-0.2, 0) is 0 Å². The van der Waals surface area contributed by atoms with E-state index in [-0.39, 0.29) is 0 Å². The standard InChI is InChI=1S/C19H21N3S2/c1-14-5-2-3-6-15(9-8-14)13-24-19-21-20-18(17-7-4-12-23-17)22(19)16-10-11-16/h2-7,12,16H,8-11,13H2,1H3/b3-2-,14-5?,15-6+. The van der Waals surface area contributed by atoms with Crippen molar-refractivity contribution in [3.05, 3.63) is 53.0 Å².